The summed E-state index contributed by atoms with van der Waals surface area (Å²) in [6.45, 7) is 3.73. The molecule has 0 radical (unpaired) electrons. The van der Waals surface area contributed by atoms with Crippen LogP contribution in [0.5, 0.6) is 0 Å². The lowest BCUT2D eigenvalue weighted by atomic mass is 10.4. The number of hydrogen-bond donors (Lipinski definition) is 1. The predicted octanol–water partition coefficient (Wildman–Crippen LogP) is 1.57. The van der Waals surface area contributed by atoms with Gasteiger partial charge in [0, 0.05) is 36.8 Å². The average molecular weight is 234 g/mol. The van der Waals surface area contributed by atoms with E-state index in [2.05, 4.69) is 25.6 Å². The maximum Gasteiger partial charge on any atom is 0.115 e. The molecule has 1 N–H and O–H groups in total. The van der Waals surface area contributed by atoms with Crippen LogP contribution in [0.15, 0.2) is 24.0 Å². The van der Waals surface area contributed by atoms with E-state index in [-0.39, 0.29) is 0 Å². The van der Waals surface area contributed by atoms with Gasteiger partial charge in [-0.05, 0) is 13.0 Å². The molecule has 2 aromatic heterocycles. The van der Waals surface area contributed by atoms with Gasteiger partial charge >= 0.3 is 0 Å². The van der Waals surface area contributed by atoms with Crippen molar-refractivity contribution >= 4 is 11.3 Å². The van der Waals surface area contributed by atoms with Crippen molar-refractivity contribution in [2.45, 2.75) is 19.9 Å². The molecule has 4 nitrogen and oxygen atoms in total. The summed E-state index contributed by atoms with van der Waals surface area (Å²) in [5.41, 5.74) is 2.13. The van der Waals surface area contributed by atoms with E-state index in [1.165, 1.54) is 5.01 Å². The van der Waals surface area contributed by atoms with Crippen LogP contribution in [0.2, 0.25) is 0 Å². The molecule has 2 aromatic rings. The molecule has 0 unspecified atom stereocenters. The third-order valence-corrected chi connectivity index (χ3v) is 3.16. The largest absolute Gasteiger partial charge is 0.311 e. The van der Waals surface area contributed by atoms with Crippen LogP contribution in [0.3, 0.4) is 0 Å². The second kappa shape index (κ2) is 5.67. The highest BCUT2D eigenvalue weighted by atomic mass is 32.1. The molecule has 5 heteroatoms. The molecule has 0 aliphatic heterocycles. The lowest BCUT2D eigenvalue weighted by molar-refractivity contribution is 0.671. The highest BCUT2D eigenvalue weighted by molar-refractivity contribution is 7.09. The Bertz CT molecular complexity index is 427. The van der Waals surface area contributed by atoms with E-state index in [0.29, 0.717) is 0 Å². The minimum absolute atomic E-state index is 0.785. The Morgan fingerprint density at radius 1 is 1.44 bits per heavy atom. The number of aromatic nitrogens is 3. The van der Waals surface area contributed by atoms with E-state index in [1.54, 1.807) is 23.9 Å². The first-order chi connectivity index (χ1) is 7.84. The van der Waals surface area contributed by atoms with E-state index in [9.17, 15) is 0 Å². The van der Waals surface area contributed by atoms with Gasteiger partial charge in [-0.3, -0.25) is 0 Å². The minimum atomic E-state index is 0.785. The molecule has 0 saturated carbocycles. The van der Waals surface area contributed by atoms with E-state index >= 15 is 0 Å². The second-order valence-electron chi connectivity index (χ2n) is 3.51. The van der Waals surface area contributed by atoms with Gasteiger partial charge in [-0.25, -0.2) is 15.0 Å². The SMILES string of the molecule is Cc1csc(CCNCc2ccncn2)n1. The lowest BCUT2D eigenvalue weighted by Gasteiger charge is -2.01. The summed E-state index contributed by atoms with van der Waals surface area (Å²) in [5.74, 6) is 0. The van der Waals surface area contributed by atoms with Crippen LogP contribution >= 0.6 is 11.3 Å². The van der Waals surface area contributed by atoms with Crippen LogP contribution in [-0.2, 0) is 13.0 Å². The number of nitrogens with one attached hydrogen (secondary N) is 1. The number of nitrogens with zero attached hydrogens (tertiary/aromatic N) is 3. The van der Waals surface area contributed by atoms with Gasteiger partial charge < -0.3 is 5.32 Å². The molecule has 0 aliphatic rings. The molecule has 0 atom stereocenters. The van der Waals surface area contributed by atoms with Gasteiger partial charge in [0.2, 0.25) is 0 Å². The fourth-order valence-corrected chi connectivity index (χ4v) is 2.13. The summed E-state index contributed by atoms with van der Waals surface area (Å²) in [4.78, 5) is 12.4. The van der Waals surface area contributed by atoms with Gasteiger partial charge in [0.25, 0.3) is 0 Å². The van der Waals surface area contributed by atoms with Crippen LogP contribution < -0.4 is 5.32 Å². The molecule has 16 heavy (non-hydrogen) atoms. The van der Waals surface area contributed by atoms with Crippen molar-refractivity contribution in [3.8, 4) is 0 Å². The normalized spacial score (nSPS) is 10.6. The number of aryl methyl sites for hydroxylation is 1. The second-order valence-corrected chi connectivity index (χ2v) is 4.45. The zero-order chi connectivity index (χ0) is 11.2. The molecule has 0 aliphatic carbocycles. The molecule has 0 aromatic carbocycles. The van der Waals surface area contributed by atoms with Crippen molar-refractivity contribution in [3.05, 3.63) is 40.4 Å². The van der Waals surface area contributed by atoms with E-state index in [0.717, 1.165) is 30.9 Å². The third-order valence-electron chi connectivity index (χ3n) is 2.13. The first-order valence-corrected chi connectivity index (χ1v) is 6.09. The van der Waals surface area contributed by atoms with Crippen molar-refractivity contribution in [3.63, 3.8) is 0 Å². The van der Waals surface area contributed by atoms with Crippen molar-refractivity contribution in [1.29, 1.82) is 0 Å². The van der Waals surface area contributed by atoms with Gasteiger partial charge in [0.05, 0.1) is 10.7 Å². The third kappa shape index (κ3) is 3.36. The monoisotopic (exact) mass is 234 g/mol. The summed E-state index contributed by atoms with van der Waals surface area (Å²) in [6, 6.07) is 1.92. The Hall–Kier alpha value is -1.33. The maximum absolute atomic E-state index is 4.41. The van der Waals surface area contributed by atoms with Crippen LogP contribution in [0.1, 0.15) is 16.4 Å². The summed E-state index contributed by atoms with van der Waals surface area (Å²) < 4.78 is 0. The van der Waals surface area contributed by atoms with Crippen LogP contribution in [0.4, 0.5) is 0 Å². The Balaban J connectivity index is 1.69. The first-order valence-electron chi connectivity index (χ1n) is 5.21. The molecule has 84 valence electrons. The highest BCUT2D eigenvalue weighted by Crippen LogP contribution is 2.08. The first kappa shape index (κ1) is 11.2. The smallest absolute Gasteiger partial charge is 0.115 e. The summed E-state index contributed by atoms with van der Waals surface area (Å²) in [7, 11) is 0. The molecule has 0 amide bonds. The fourth-order valence-electron chi connectivity index (χ4n) is 1.35. The van der Waals surface area contributed by atoms with Crippen molar-refractivity contribution in [2.24, 2.45) is 0 Å². The van der Waals surface area contributed by atoms with Gasteiger partial charge in [-0.15, -0.1) is 11.3 Å². The van der Waals surface area contributed by atoms with Crippen molar-refractivity contribution < 1.29 is 0 Å². The maximum atomic E-state index is 4.41. The molecule has 0 saturated heterocycles. The summed E-state index contributed by atoms with van der Waals surface area (Å²) in [6.07, 6.45) is 4.30. The Kier molecular flexibility index (Phi) is 3.96. The van der Waals surface area contributed by atoms with E-state index in [1.807, 2.05) is 13.0 Å². The van der Waals surface area contributed by atoms with Crippen molar-refractivity contribution in [2.75, 3.05) is 6.54 Å². The molecule has 2 rings (SSSR count). The average Bonchev–Trinajstić information content (AvgIpc) is 2.72. The van der Waals surface area contributed by atoms with Gasteiger partial charge in [0.1, 0.15) is 6.33 Å². The topological polar surface area (TPSA) is 50.7 Å². The predicted molar refractivity (Wildman–Crippen MR) is 64.3 cm³/mol. The number of hydrogen-bond acceptors (Lipinski definition) is 5. The number of rotatable bonds is 5. The molecular weight excluding hydrogens is 220 g/mol. The fraction of sp³-hybridized carbons (Fsp3) is 0.364. The molecule has 2 heterocycles. The zero-order valence-corrected chi connectivity index (χ0v) is 10.00. The Morgan fingerprint density at radius 3 is 3.06 bits per heavy atom. The molecule has 0 bridgehead atoms. The van der Waals surface area contributed by atoms with Gasteiger partial charge in [-0.2, -0.15) is 0 Å². The van der Waals surface area contributed by atoms with Crippen LogP contribution in [-0.4, -0.2) is 21.5 Å². The lowest BCUT2D eigenvalue weighted by Crippen LogP contribution is -2.17. The zero-order valence-electron chi connectivity index (χ0n) is 9.18. The molecule has 0 spiro atoms. The summed E-state index contributed by atoms with van der Waals surface area (Å²) >= 11 is 1.72. The minimum Gasteiger partial charge on any atom is -0.311 e. The molecule has 0 fully saturated rings. The Labute approximate surface area is 98.8 Å². The van der Waals surface area contributed by atoms with E-state index in [4.69, 9.17) is 0 Å². The summed E-state index contributed by atoms with van der Waals surface area (Å²) in [5, 5.41) is 6.61. The Morgan fingerprint density at radius 2 is 2.38 bits per heavy atom. The highest BCUT2D eigenvalue weighted by Gasteiger charge is 1.98. The van der Waals surface area contributed by atoms with Gasteiger partial charge in [-0.1, -0.05) is 0 Å². The van der Waals surface area contributed by atoms with Crippen LogP contribution in [0, 0.1) is 6.92 Å². The van der Waals surface area contributed by atoms with Crippen LogP contribution in [0.25, 0.3) is 0 Å². The van der Waals surface area contributed by atoms with Gasteiger partial charge in [0.15, 0.2) is 0 Å². The van der Waals surface area contributed by atoms with E-state index < -0.39 is 0 Å². The standard InChI is InChI=1S/C11H14N4S/c1-9-7-16-11(15-9)3-5-12-6-10-2-4-13-8-14-10/h2,4,7-8,12H,3,5-6H2,1H3. The quantitative estimate of drug-likeness (QED) is 0.798. The number of thiazole rings is 1. The van der Waals surface area contributed by atoms with Crippen molar-refractivity contribution in [1.82, 2.24) is 20.3 Å². The molecular formula is C11H14N4S.